The van der Waals surface area contributed by atoms with Crippen LogP contribution >= 0.6 is 0 Å². The first-order chi connectivity index (χ1) is 13.3. The van der Waals surface area contributed by atoms with Crippen molar-refractivity contribution in [1.82, 2.24) is 24.7 Å². The Balaban J connectivity index is 1.41. The van der Waals surface area contributed by atoms with E-state index in [9.17, 15) is 0 Å². The molecule has 0 bridgehead atoms. The van der Waals surface area contributed by atoms with Gasteiger partial charge in [0.25, 0.3) is 0 Å². The van der Waals surface area contributed by atoms with Crippen LogP contribution in [0.15, 0.2) is 59.5 Å². The predicted molar refractivity (Wildman–Crippen MR) is 102 cm³/mol. The minimum absolute atomic E-state index is 0.315. The number of likely N-dealkylation sites (tertiary alicyclic amines) is 1. The molecule has 136 valence electrons. The van der Waals surface area contributed by atoms with E-state index >= 15 is 0 Å². The zero-order valence-corrected chi connectivity index (χ0v) is 15.2. The van der Waals surface area contributed by atoms with Crippen LogP contribution in [0.1, 0.15) is 35.9 Å². The second-order valence-corrected chi connectivity index (χ2v) is 7.15. The Labute approximate surface area is 157 Å². The molecule has 0 N–H and O–H groups in total. The van der Waals surface area contributed by atoms with Crippen molar-refractivity contribution in [2.75, 3.05) is 6.54 Å². The fraction of sp³-hybridized carbons (Fsp3) is 0.286. The number of nitrogens with zero attached hydrogens (tertiary/aromatic N) is 5. The molecule has 0 radical (unpaired) electrons. The molecule has 6 heteroatoms. The molecule has 5 rings (SSSR count). The van der Waals surface area contributed by atoms with Gasteiger partial charge in [0.05, 0.1) is 12.2 Å². The van der Waals surface area contributed by atoms with Crippen molar-refractivity contribution in [1.29, 1.82) is 0 Å². The summed E-state index contributed by atoms with van der Waals surface area (Å²) >= 11 is 0. The molecule has 1 atom stereocenters. The van der Waals surface area contributed by atoms with E-state index in [1.54, 1.807) is 0 Å². The van der Waals surface area contributed by atoms with Crippen LogP contribution in [0, 0.1) is 6.92 Å². The third kappa shape index (κ3) is 3.02. The smallest absolute Gasteiger partial charge is 0.162 e. The molecule has 0 aliphatic carbocycles. The lowest BCUT2D eigenvalue weighted by Crippen LogP contribution is -2.23. The van der Waals surface area contributed by atoms with Gasteiger partial charge in [-0.05, 0) is 31.9 Å². The van der Waals surface area contributed by atoms with Crippen LogP contribution in [-0.4, -0.2) is 31.2 Å². The lowest BCUT2D eigenvalue weighted by Gasteiger charge is -2.22. The number of rotatable bonds is 4. The van der Waals surface area contributed by atoms with Gasteiger partial charge in [0, 0.05) is 36.1 Å². The average molecular weight is 359 g/mol. The van der Waals surface area contributed by atoms with Crippen molar-refractivity contribution < 1.29 is 4.52 Å². The van der Waals surface area contributed by atoms with Crippen LogP contribution < -0.4 is 0 Å². The number of benzene rings is 1. The van der Waals surface area contributed by atoms with Crippen molar-refractivity contribution in [3.8, 4) is 11.1 Å². The molecule has 1 fully saturated rings. The second-order valence-electron chi connectivity index (χ2n) is 7.15. The molecule has 27 heavy (non-hydrogen) atoms. The topological polar surface area (TPSA) is 59.5 Å². The van der Waals surface area contributed by atoms with Crippen LogP contribution in [-0.2, 0) is 6.54 Å². The molecule has 1 aliphatic rings. The molecular weight excluding hydrogens is 338 g/mol. The Morgan fingerprint density at radius 2 is 2.07 bits per heavy atom. The molecule has 3 aromatic heterocycles. The first-order valence-electron chi connectivity index (χ1n) is 9.33. The Morgan fingerprint density at radius 3 is 2.89 bits per heavy atom. The maximum atomic E-state index is 5.27. The van der Waals surface area contributed by atoms with Crippen LogP contribution in [0.5, 0.6) is 0 Å². The third-order valence-corrected chi connectivity index (χ3v) is 5.23. The van der Waals surface area contributed by atoms with Crippen molar-refractivity contribution in [3.63, 3.8) is 0 Å². The summed E-state index contributed by atoms with van der Waals surface area (Å²) in [5, 5.41) is 8.75. The monoisotopic (exact) mass is 359 g/mol. The fourth-order valence-electron chi connectivity index (χ4n) is 3.94. The van der Waals surface area contributed by atoms with Crippen LogP contribution in [0.2, 0.25) is 0 Å². The molecule has 0 saturated carbocycles. The maximum absolute atomic E-state index is 5.27. The molecule has 0 amide bonds. The summed E-state index contributed by atoms with van der Waals surface area (Å²) in [5.41, 5.74) is 5.25. The minimum atomic E-state index is 0.315. The molecule has 6 nitrogen and oxygen atoms in total. The maximum Gasteiger partial charge on any atom is 0.162 e. The standard InChI is InChI=1S/C21H21N5O/c1-15-10-19(24-27-15)20-8-5-9-25(20)13-16-11-22-21-18(12-23-26(21)14-16)17-6-3-2-4-7-17/h2-4,6-7,10-12,14,20H,5,8-9,13H2,1H3/t20-/m0/s1. The largest absolute Gasteiger partial charge is 0.361 e. The Hall–Kier alpha value is -2.99. The van der Waals surface area contributed by atoms with E-state index in [0.29, 0.717) is 6.04 Å². The summed E-state index contributed by atoms with van der Waals surface area (Å²) in [6, 6.07) is 12.6. The molecule has 0 unspecified atom stereocenters. The highest BCUT2D eigenvalue weighted by atomic mass is 16.5. The molecule has 1 aliphatic heterocycles. The van der Waals surface area contributed by atoms with Crippen molar-refractivity contribution >= 4 is 5.65 Å². The summed E-state index contributed by atoms with van der Waals surface area (Å²) in [5.74, 6) is 0.866. The van der Waals surface area contributed by atoms with Crippen LogP contribution in [0.3, 0.4) is 0 Å². The van der Waals surface area contributed by atoms with E-state index < -0.39 is 0 Å². The summed E-state index contributed by atoms with van der Waals surface area (Å²) in [6.07, 6.45) is 8.22. The predicted octanol–water partition coefficient (Wildman–Crippen LogP) is 4.03. The van der Waals surface area contributed by atoms with Gasteiger partial charge < -0.3 is 4.52 Å². The third-order valence-electron chi connectivity index (χ3n) is 5.23. The Bertz CT molecular complexity index is 1070. The highest BCUT2D eigenvalue weighted by Crippen LogP contribution is 2.33. The van der Waals surface area contributed by atoms with Gasteiger partial charge in [-0.25, -0.2) is 9.50 Å². The molecule has 4 aromatic rings. The first kappa shape index (κ1) is 16.2. The fourth-order valence-corrected chi connectivity index (χ4v) is 3.94. The first-order valence-corrected chi connectivity index (χ1v) is 9.33. The SMILES string of the molecule is Cc1cc([C@@H]2CCCN2Cc2cnc3c(-c4ccccc4)cnn3c2)no1. The molecule has 1 saturated heterocycles. The zero-order valence-electron chi connectivity index (χ0n) is 15.2. The van der Waals surface area contributed by atoms with Crippen LogP contribution in [0.25, 0.3) is 16.8 Å². The summed E-state index contributed by atoms with van der Waals surface area (Å²) in [7, 11) is 0. The second kappa shape index (κ2) is 6.63. The average Bonchev–Trinajstić information content (AvgIpc) is 3.42. The quantitative estimate of drug-likeness (QED) is 0.551. The zero-order chi connectivity index (χ0) is 18.2. The number of aryl methyl sites for hydroxylation is 1. The Morgan fingerprint density at radius 1 is 1.19 bits per heavy atom. The van der Waals surface area contributed by atoms with E-state index in [-0.39, 0.29) is 0 Å². The van der Waals surface area contributed by atoms with E-state index in [2.05, 4.69) is 33.5 Å². The molecule has 1 aromatic carbocycles. The summed E-state index contributed by atoms with van der Waals surface area (Å²) in [4.78, 5) is 7.15. The molecular formula is C21H21N5O. The normalized spacial score (nSPS) is 17.7. The summed E-state index contributed by atoms with van der Waals surface area (Å²) in [6.45, 7) is 3.83. The highest BCUT2D eigenvalue weighted by molar-refractivity contribution is 5.76. The number of hydrogen-bond donors (Lipinski definition) is 0. The van der Waals surface area contributed by atoms with Gasteiger partial charge in [0.15, 0.2) is 5.65 Å². The van der Waals surface area contributed by atoms with E-state index in [1.165, 1.54) is 6.42 Å². The lowest BCUT2D eigenvalue weighted by atomic mass is 10.1. The molecule has 0 spiro atoms. The molecule has 4 heterocycles. The van der Waals surface area contributed by atoms with Gasteiger partial charge in [0.2, 0.25) is 0 Å². The van der Waals surface area contributed by atoms with Gasteiger partial charge in [-0.2, -0.15) is 5.10 Å². The minimum Gasteiger partial charge on any atom is -0.361 e. The van der Waals surface area contributed by atoms with Crippen molar-refractivity contribution in [2.24, 2.45) is 0 Å². The van der Waals surface area contributed by atoms with E-state index in [4.69, 9.17) is 9.51 Å². The number of aromatic nitrogens is 4. The van der Waals surface area contributed by atoms with Gasteiger partial charge in [0.1, 0.15) is 11.5 Å². The van der Waals surface area contributed by atoms with Crippen molar-refractivity contribution in [2.45, 2.75) is 32.4 Å². The summed E-state index contributed by atoms with van der Waals surface area (Å²) < 4.78 is 7.15. The number of hydrogen-bond acceptors (Lipinski definition) is 5. The Kier molecular flexibility index (Phi) is 3.98. The van der Waals surface area contributed by atoms with Gasteiger partial charge in [-0.3, -0.25) is 4.90 Å². The van der Waals surface area contributed by atoms with Gasteiger partial charge in [-0.15, -0.1) is 0 Å². The van der Waals surface area contributed by atoms with Crippen LogP contribution in [0.4, 0.5) is 0 Å². The van der Waals surface area contributed by atoms with Crippen molar-refractivity contribution in [3.05, 3.63) is 72.0 Å². The number of fused-ring (bicyclic) bond motifs is 1. The van der Waals surface area contributed by atoms with Gasteiger partial charge in [-0.1, -0.05) is 35.5 Å². The van der Waals surface area contributed by atoms with E-state index in [0.717, 1.165) is 53.3 Å². The highest BCUT2D eigenvalue weighted by Gasteiger charge is 2.28. The lowest BCUT2D eigenvalue weighted by molar-refractivity contribution is 0.236. The van der Waals surface area contributed by atoms with E-state index in [1.807, 2.05) is 48.1 Å². The van der Waals surface area contributed by atoms with Gasteiger partial charge >= 0.3 is 0 Å².